The van der Waals surface area contributed by atoms with Crippen LogP contribution in [0.25, 0.3) is 10.9 Å². The van der Waals surface area contributed by atoms with Crippen LogP contribution in [0, 0.1) is 6.92 Å². The summed E-state index contributed by atoms with van der Waals surface area (Å²) in [5, 5.41) is 0.981. The second-order valence-electron chi connectivity index (χ2n) is 6.17. The van der Waals surface area contributed by atoms with Gasteiger partial charge in [0.1, 0.15) is 11.6 Å². The van der Waals surface area contributed by atoms with Crippen molar-refractivity contribution in [2.75, 3.05) is 18.0 Å². The minimum absolute atomic E-state index is 0.290. The normalized spacial score (nSPS) is 13.9. The molecule has 0 unspecified atom stereocenters. The van der Waals surface area contributed by atoms with E-state index in [0.717, 1.165) is 22.0 Å². The number of ether oxygens (including phenoxy) is 1. The fraction of sp³-hybridized carbons (Fsp3) is 0.211. The van der Waals surface area contributed by atoms with Crippen molar-refractivity contribution in [1.29, 1.82) is 0 Å². The molecular formula is C19H18N2O3S. The van der Waals surface area contributed by atoms with E-state index in [2.05, 4.69) is 4.98 Å². The number of aromatic nitrogens is 1. The van der Waals surface area contributed by atoms with Gasteiger partial charge in [-0.1, -0.05) is 17.7 Å². The number of sulfonamides is 1. The van der Waals surface area contributed by atoms with Crippen molar-refractivity contribution >= 4 is 26.7 Å². The zero-order valence-electron chi connectivity index (χ0n) is 14.1. The highest BCUT2D eigenvalue weighted by molar-refractivity contribution is 7.92. The smallest absolute Gasteiger partial charge is 0.265 e. The van der Waals surface area contributed by atoms with E-state index in [1.807, 2.05) is 43.3 Å². The third-order valence-electron chi connectivity index (χ3n) is 4.51. The number of nitrogens with zero attached hydrogens (tertiary/aromatic N) is 2. The first-order valence-electron chi connectivity index (χ1n) is 8.06. The first-order valence-corrected chi connectivity index (χ1v) is 9.50. The maximum atomic E-state index is 13.0. The Morgan fingerprint density at radius 2 is 1.84 bits per heavy atom. The number of hydrogen-bond acceptors (Lipinski definition) is 4. The van der Waals surface area contributed by atoms with Crippen molar-refractivity contribution < 1.29 is 13.2 Å². The van der Waals surface area contributed by atoms with E-state index >= 15 is 0 Å². The summed E-state index contributed by atoms with van der Waals surface area (Å²) in [5.74, 6) is 1.22. The first kappa shape index (κ1) is 15.9. The van der Waals surface area contributed by atoms with Gasteiger partial charge in [0.05, 0.1) is 17.5 Å². The van der Waals surface area contributed by atoms with Crippen molar-refractivity contribution in [2.24, 2.45) is 0 Å². The SMILES string of the molecule is COc1ccc2cc3c(nc2c1)N(S(=O)(=O)c1ccc(C)cc1)CC3. The number of anilines is 1. The monoisotopic (exact) mass is 354 g/mol. The molecule has 0 atom stereocenters. The molecule has 0 saturated carbocycles. The van der Waals surface area contributed by atoms with Crippen LogP contribution in [0.15, 0.2) is 53.4 Å². The molecule has 128 valence electrons. The van der Waals surface area contributed by atoms with Crippen LogP contribution in [0.2, 0.25) is 0 Å². The Balaban J connectivity index is 1.82. The number of rotatable bonds is 3. The standard InChI is InChI=1S/C19H18N2O3S/c1-13-3-7-17(8-4-13)25(22,23)21-10-9-15-11-14-5-6-16(24-2)12-18(14)20-19(15)21/h3-8,11-12H,9-10H2,1-2H3. The minimum Gasteiger partial charge on any atom is -0.497 e. The second-order valence-corrected chi connectivity index (χ2v) is 8.03. The van der Waals surface area contributed by atoms with Crippen molar-refractivity contribution in [1.82, 2.24) is 4.98 Å². The molecule has 6 heteroatoms. The Bertz CT molecular complexity index is 1060. The molecule has 0 fully saturated rings. The molecule has 0 amide bonds. The van der Waals surface area contributed by atoms with Crippen LogP contribution in [0.4, 0.5) is 5.82 Å². The summed E-state index contributed by atoms with van der Waals surface area (Å²) < 4.78 is 32.7. The van der Waals surface area contributed by atoms with Gasteiger partial charge in [-0.05, 0) is 49.2 Å². The lowest BCUT2D eigenvalue weighted by Crippen LogP contribution is -2.29. The first-order chi connectivity index (χ1) is 12.0. The average Bonchev–Trinajstić information content (AvgIpc) is 3.03. The third kappa shape index (κ3) is 2.62. The Morgan fingerprint density at radius 3 is 2.56 bits per heavy atom. The molecule has 1 aromatic heterocycles. The lowest BCUT2D eigenvalue weighted by atomic mass is 10.1. The molecule has 0 saturated heterocycles. The van der Waals surface area contributed by atoms with Crippen molar-refractivity contribution in [3.63, 3.8) is 0 Å². The number of methoxy groups -OCH3 is 1. The number of pyridine rings is 1. The summed E-state index contributed by atoms with van der Waals surface area (Å²) in [7, 11) is -2.01. The molecule has 25 heavy (non-hydrogen) atoms. The maximum absolute atomic E-state index is 13.0. The fourth-order valence-corrected chi connectivity index (χ4v) is 4.56. The van der Waals surface area contributed by atoms with Crippen LogP contribution in [0.1, 0.15) is 11.1 Å². The van der Waals surface area contributed by atoms with Gasteiger partial charge in [-0.3, -0.25) is 0 Å². The second kappa shape index (κ2) is 5.74. The van der Waals surface area contributed by atoms with Gasteiger partial charge in [0.2, 0.25) is 0 Å². The molecule has 2 aromatic carbocycles. The number of benzene rings is 2. The molecule has 0 N–H and O–H groups in total. The molecule has 0 radical (unpaired) electrons. The molecule has 0 aliphatic carbocycles. The van der Waals surface area contributed by atoms with E-state index in [0.29, 0.717) is 29.4 Å². The van der Waals surface area contributed by atoms with E-state index in [1.165, 1.54) is 4.31 Å². The van der Waals surface area contributed by atoms with E-state index < -0.39 is 10.0 Å². The van der Waals surface area contributed by atoms with Crippen molar-refractivity contribution in [2.45, 2.75) is 18.2 Å². The summed E-state index contributed by atoms with van der Waals surface area (Å²) in [5.41, 5.74) is 2.70. The van der Waals surface area contributed by atoms with Gasteiger partial charge < -0.3 is 4.74 Å². The van der Waals surface area contributed by atoms with Crippen LogP contribution in [-0.4, -0.2) is 27.1 Å². The van der Waals surface area contributed by atoms with Gasteiger partial charge >= 0.3 is 0 Å². The van der Waals surface area contributed by atoms with Crippen LogP contribution in [0.3, 0.4) is 0 Å². The maximum Gasteiger partial charge on any atom is 0.265 e. The quantitative estimate of drug-likeness (QED) is 0.724. The van der Waals surface area contributed by atoms with E-state index in [9.17, 15) is 8.42 Å². The molecule has 1 aliphatic rings. The summed E-state index contributed by atoms with van der Waals surface area (Å²) in [6, 6.07) is 14.6. The van der Waals surface area contributed by atoms with Crippen molar-refractivity contribution in [3.05, 3.63) is 59.7 Å². The summed E-state index contributed by atoms with van der Waals surface area (Å²) in [4.78, 5) is 4.91. The zero-order chi connectivity index (χ0) is 17.6. The Kier molecular flexibility index (Phi) is 3.65. The summed E-state index contributed by atoms with van der Waals surface area (Å²) >= 11 is 0. The summed E-state index contributed by atoms with van der Waals surface area (Å²) in [6.07, 6.45) is 0.662. The highest BCUT2D eigenvalue weighted by Gasteiger charge is 2.32. The minimum atomic E-state index is -3.61. The average molecular weight is 354 g/mol. The predicted octanol–water partition coefficient (Wildman–Crippen LogP) is 3.30. The zero-order valence-corrected chi connectivity index (χ0v) is 14.9. The molecular weight excluding hydrogens is 336 g/mol. The molecule has 4 rings (SSSR count). The summed E-state index contributed by atoms with van der Waals surface area (Å²) in [6.45, 7) is 2.34. The van der Waals surface area contributed by atoms with Gasteiger partial charge in [-0.15, -0.1) is 0 Å². The van der Waals surface area contributed by atoms with Crippen LogP contribution >= 0.6 is 0 Å². The van der Waals surface area contributed by atoms with Crippen molar-refractivity contribution in [3.8, 4) is 5.75 Å². The highest BCUT2D eigenvalue weighted by atomic mass is 32.2. The highest BCUT2D eigenvalue weighted by Crippen LogP contribution is 2.34. The molecule has 1 aliphatic heterocycles. The Labute approximate surface area is 146 Å². The number of hydrogen-bond donors (Lipinski definition) is 0. The Morgan fingerprint density at radius 1 is 1.08 bits per heavy atom. The van der Waals surface area contributed by atoms with Crippen LogP contribution in [-0.2, 0) is 16.4 Å². The fourth-order valence-electron chi connectivity index (χ4n) is 3.11. The third-order valence-corrected chi connectivity index (χ3v) is 6.31. The topological polar surface area (TPSA) is 59.5 Å². The molecule has 5 nitrogen and oxygen atoms in total. The van der Waals surface area contributed by atoms with Gasteiger partial charge in [-0.2, -0.15) is 0 Å². The largest absolute Gasteiger partial charge is 0.497 e. The molecule has 0 bridgehead atoms. The van der Waals surface area contributed by atoms with E-state index in [4.69, 9.17) is 4.74 Å². The lowest BCUT2D eigenvalue weighted by molar-refractivity contribution is 0.415. The van der Waals surface area contributed by atoms with Crippen LogP contribution in [0.5, 0.6) is 5.75 Å². The van der Waals surface area contributed by atoms with Gasteiger partial charge in [0, 0.05) is 18.0 Å². The molecule has 3 aromatic rings. The van der Waals surface area contributed by atoms with E-state index in [1.54, 1.807) is 19.2 Å². The molecule has 2 heterocycles. The molecule has 0 spiro atoms. The van der Waals surface area contributed by atoms with E-state index in [-0.39, 0.29) is 0 Å². The Hall–Kier alpha value is -2.60. The van der Waals surface area contributed by atoms with Gasteiger partial charge in [-0.25, -0.2) is 17.7 Å². The number of aryl methyl sites for hydroxylation is 1. The van der Waals surface area contributed by atoms with Crippen LogP contribution < -0.4 is 9.04 Å². The number of fused-ring (bicyclic) bond motifs is 2. The van der Waals surface area contributed by atoms with Gasteiger partial charge in [0.25, 0.3) is 10.0 Å². The lowest BCUT2D eigenvalue weighted by Gasteiger charge is -2.19. The predicted molar refractivity (Wildman–Crippen MR) is 97.7 cm³/mol. The van der Waals surface area contributed by atoms with Gasteiger partial charge in [0.15, 0.2) is 0 Å².